The first kappa shape index (κ1) is 10.1. The Bertz CT molecular complexity index is 523. The van der Waals surface area contributed by atoms with E-state index in [0.717, 1.165) is 17.7 Å². The largest absolute Gasteiger partial charge is 0.491 e. The van der Waals surface area contributed by atoms with Gasteiger partial charge in [0, 0.05) is 6.54 Å². The summed E-state index contributed by atoms with van der Waals surface area (Å²) in [6.45, 7) is 1.16. The molecule has 5 nitrogen and oxygen atoms in total. The highest BCUT2D eigenvalue weighted by Gasteiger charge is 2.32. The van der Waals surface area contributed by atoms with Gasteiger partial charge in [-0.15, -0.1) is 0 Å². The van der Waals surface area contributed by atoms with Crippen molar-refractivity contribution in [3.63, 3.8) is 0 Å². The first-order valence-corrected chi connectivity index (χ1v) is 5.50. The average Bonchev–Trinajstić information content (AvgIpc) is 2.48. The van der Waals surface area contributed by atoms with Gasteiger partial charge in [0.1, 0.15) is 5.75 Å². The third kappa shape index (κ3) is 1.46. The number of carbonyl (C=O) groups excluding carboxylic acids is 1. The maximum absolute atomic E-state index is 11.8. The van der Waals surface area contributed by atoms with Crippen molar-refractivity contribution in [3.05, 3.63) is 23.3 Å². The van der Waals surface area contributed by atoms with Crippen molar-refractivity contribution in [2.75, 3.05) is 18.1 Å². The predicted molar refractivity (Wildman–Crippen MR) is 59.6 cm³/mol. The summed E-state index contributed by atoms with van der Waals surface area (Å²) in [4.78, 5) is 24.5. The van der Waals surface area contributed by atoms with Crippen LogP contribution in [0.3, 0.4) is 0 Å². The number of anilines is 1. The number of ether oxygens (including phenoxy) is 1. The molecule has 0 aliphatic carbocycles. The molecule has 0 spiro atoms. The zero-order valence-electron chi connectivity index (χ0n) is 9.10. The number of carboxylic acid groups (broad SMARTS) is 1. The van der Waals surface area contributed by atoms with Crippen LogP contribution in [0, 0.1) is 0 Å². The Morgan fingerprint density at radius 3 is 3.00 bits per heavy atom. The SMILES string of the molecule is O=C(O)c1cc2c3c(c1)OCCCN3C(=O)C2. The molecule has 0 aromatic heterocycles. The minimum Gasteiger partial charge on any atom is -0.491 e. The molecule has 1 aromatic carbocycles. The van der Waals surface area contributed by atoms with Crippen molar-refractivity contribution in [1.82, 2.24) is 0 Å². The standard InChI is InChI=1S/C12H11NO4/c14-10-6-7-4-8(12(15)16)5-9-11(7)13(10)2-1-3-17-9/h4-5H,1-3,6H2,(H,15,16). The number of aromatic carboxylic acids is 1. The van der Waals surface area contributed by atoms with Crippen LogP contribution in [0.2, 0.25) is 0 Å². The molecule has 0 atom stereocenters. The Hall–Kier alpha value is -2.04. The second-order valence-electron chi connectivity index (χ2n) is 4.21. The Balaban J connectivity index is 2.20. The molecule has 1 aromatic rings. The third-order valence-electron chi connectivity index (χ3n) is 3.10. The molecule has 88 valence electrons. The number of amides is 1. The van der Waals surface area contributed by atoms with Crippen LogP contribution in [-0.4, -0.2) is 30.1 Å². The summed E-state index contributed by atoms with van der Waals surface area (Å²) in [7, 11) is 0. The minimum absolute atomic E-state index is 0.0225. The molecule has 0 bridgehead atoms. The lowest BCUT2D eigenvalue weighted by atomic mass is 10.1. The van der Waals surface area contributed by atoms with Gasteiger partial charge in [0.2, 0.25) is 5.91 Å². The monoisotopic (exact) mass is 233 g/mol. The molecule has 0 saturated carbocycles. The quantitative estimate of drug-likeness (QED) is 0.787. The lowest BCUT2D eigenvalue weighted by Crippen LogP contribution is -2.27. The molecular formula is C12H11NO4. The van der Waals surface area contributed by atoms with Crippen LogP contribution in [0.15, 0.2) is 12.1 Å². The van der Waals surface area contributed by atoms with Crippen LogP contribution in [0.25, 0.3) is 0 Å². The van der Waals surface area contributed by atoms with Crippen molar-refractivity contribution in [2.24, 2.45) is 0 Å². The highest BCUT2D eigenvalue weighted by atomic mass is 16.5. The lowest BCUT2D eigenvalue weighted by Gasteiger charge is -2.15. The number of hydrogen-bond donors (Lipinski definition) is 1. The summed E-state index contributed by atoms with van der Waals surface area (Å²) in [6.07, 6.45) is 1.04. The van der Waals surface area contributed by atoms with E-state index in [2.05, 4.69) is 0 Å². The van der Waals surface area contributed by atoms with Gasteiger partial charge in [0.15, 0.2) is 0 Å². The second-order valence-corrected chi connectivity index (χ2v) is 4.21. The van der Waals surface area contributed by atoms with Gasteiger partial charge < -0.3 is 14.7 Å². The van der Waals surface area contributed by atoms with Crippen LogP contribution >= 0.6 is 0 Å². The molecular weight excluding hydrogens is 222 g/mol. The third-order valence-corrected chi connectivity index (χ3v) is 3.10. The summed E-state index contributed by atoms with van der Waals surface area (Å²) >= 11 is 0. The van der Waals surface area contributed by atoms with Crippen molar-refractivity contribution in [2.45, 2.75) is 12.8 Å². The van der Waals surface area contributed by atoms with E-state index >= 15 is 0 Å². The van der Waals surface area contributed by atoms with Crippen LogP contribution in [0.1, 0.15) is 22.3 Å². The fourth-order valence-corrected chi connectivity index (χ4v) is 2.36. The number of hydrogen-bond acceptors (Lipinski definition) is 3. The van der Waals surface area contributed by atoms with Crippen LogP contribution < -0.4 is 9.64 Å². The van der Waals surface area contributed by atoms with E-state index in [4.69, 9.17) is 9.84 Å². The normalized spacial score (nSPS) is 17.4. The van der Waals surface area contributed by atoms with Gasteiger partial charge in [-0.2, -0.15) is 0 Å². The molecule has 2 aliphatic heterocycles. The summed E-state index contributed by atoms with van der Waals surface area (Å²) in [6, 6.07) is 3.06. The summed E-state index contributed by atoms with van der Waals surface area (Å²) in [5.41, 5.74) is 1.69. The van der Waals surface area contributed by atoms with Gasteiger partial charge in [-0.25, -0.2) is 4.79 Å². The van der Waals surface area contributed by atoms with Crippen LogP contribution in [0.4, 0.5) is 5.69 Å². The van der Waals surface area contributed by atoms with Crippen molar-refractivity contribution in [3.8, 4) is 5.75 Å². The molecule has 2 aliphatic rings. The van der Waals surface area contributed by atoms with E-state index in [1.54, 1.807) is 11.0 Å². The molecule has 17 heavy (non-hydrogen) atoms. The predicted octanol–water partition coefficient (Wildman–Crippen LogP) is 1.06. The zero-order valence-corrected chi connectivity index (χ0v) is 9.10. The van der Waals surface area contributed by atoms with Crippen LogP contribution in [0.5, 0.6) is 5.75 Å². The molecule has 1 N–H and O–H groups in total. The van der Waals surface area contributed by atoms with E-state index in [1.165, 1.54) is 6.07 Å². The van der Waals surface area contributed by atoms with E-state index in [9.17, 15) is 9.59 Å². The molecule has 5 heteroatoms. The number of carboxylic acids is 1. The van der Waals surface area contributed by atoms with E-state index in [0.29, 0.717) is 18.9 Å². The maximum Gasteiger partial charge on any atom is 0.335 e. The summed E-state index contributed by atoms with van der Waals surface area (Å²) in [5.74, 6) is -0.458. The summed E-state index contributed by atoms with van der Waals surface area (Å²) < 4.78 is 5.52. The van der Waals surface area contributed by atoms with E-state index in [1.807, 2.05) is 0 Å². The minimum atomic E-state index is -0.997. The average molecular weight is 233 g/mol. The Labute approximate surface area is 97.6 Å². The zero-order chi connectivity index (χ0) is 12.0. The highest BCUT2D eigenvalue weighted by Crippen LogP contribution is 2.40. The highest BCUT2D eigenvalue weighted by molar-refractivity contribution is 6.04. The molecule has 0 radical (unpaired) electrons. The van der Waals surface area contributed by atoms with Crippen molar-refractivity contribution in [1.29, 1.82) is 0 Å². The van der Waals surface area contributed by atoms with Crippen molar-refractivity contribution < 1.29 is 19.4 Å². The first-order chi connectivity index (χ1) is 8.16. The van der Waals surface area contributed by atoms with Gasteiger partial charge in [-0.1, -0.05) is 0 Å². The number of rotatable bonds is 1. The summed E-state index contributed by atoms with van der Waals surface area (Å²) in [5, 5.41) is 9.00. The van der Waals surface area contributed by atoms with E-state index < -0.39 is 5.97 Å². The maximum atomic E-state index is 11.8. The van der Waals surface area contributed by atoms with Gasteiger partial charge in [0.05, 0.1) is 24.3 Å². The van der Waals surface area contributed by atoms with Gasteiger partial charge in [0.25, 0.3) is 0 Å². The molecule has 0 unspecified atom stereocenters. The van der Waals surface area contributed by atoms with Crippen molar-refractivity contribution >= 4 is 17.6 Å². The molecule has 0 fully saturated rings. The topological polar surface area (TPSA) is 66.8 Å². The molecule has 1 amide bonds. The number of benzene rings is 1. The Morgan fingerprint density at radius 2 is 2.24 bits per heavy atom. The number of nitrogens with zero attached hydrogens (tertiary/aromatic N) is 1. The number of carbonyl (C=O) groups is 2. The fourth-order valence-electron chi connectivity index (χ4n) is 2.36. The molecule has 3 rings (SSSR count). The molecule has 2 heterocycles. The van der Waals surface area contributed by atoms with Gasteiger partial charge >= 0.3 is 5.97 Å². The lowest BCUT2D eigenvalue weighted by molar-refractivity contribution is -0.117. The fraction of sp³-hybridized carbons (Fsp3) is 0.333. The molecule has 0 saturated heterocycles. The Kier molecular flexibility index (Phi) is 2.07. The van der Waals surface area contributed by atoms with Gasteiger partial charge in [-0.3, -0.25) is 4.79 Å². The van der Waals surface area contributed by atoms with E-state index in [-0.39, 0.29) is 17.9 Å². The van der Waals surface area contributed by atoms with Gasteiger partial charge in [-0.05, 0) is 24.1 Å². The van der Waals surface area contributed by atoms with Crippen LogP contribution in [-0.2, 0) is 11.2 Å². The second kappa shape index (κ2) is 3.48. The first-order valence-electron chi connectivity index (χ1n) is 5.50. The Morgan fingerprint density at radius 1 is 1.41 bits per heavy atom. The smallest absolute Gasteiger partial charge is 0.335 e.